The third-order valence-electron chi connectivity index (χ3n) is 3.56. The molecule has 0 saturated heterocycles. The van der Waals surface area contributed by atoms with E-state index in [0.29, 0.717) is 25.5 Å². The smallest absolute Gasteiger partial charge is 0.386 e. The minimum Gasteiger partial charge on any atom is -0.386 e. The zero-order valence-electron chi connectivity index (χ0n) is 15.1. The first-order valence-corrected chi connectivity index (χ1v) is 9.54. The number of benzene rings is 1. The summed E-state index contributed by atoms with van der Waals surface area (Å²) in [6, 6.07) is 9.87. The predicted molar refractivity (Wildman–Crippen MR) is 102 cm³/mol. The van der Waals surface area contributed by atoms with Crippen LogP contribution in [0.1, 0.15) is 24.3 Å². The Morgan fingerprint density at radius 3 is 2.78 bits per heavy atom. The fourth-order valence-corrected chi connectivity index (χ4v) is 3.39. The molecule has 1 heterocycles. The van der Waals surface area contributed by atoms with Crippen LogP contribution in [0.2, 0.25) is 0 Å². The number of aliphatic hydroxyl groups is 1. The van der Waals surface area contributed by atoms with E-state index in [9.17, 15) is 18.3 Å². The van der Waals surface area contributed by atoms with Gasteiger partial charge in [-0.15, -0.1) is 11.3 Å². The van der Waals surface area contributed by atoms with Crippen LogP contribution in [0.5, 0.6) is 0 Å². The monoisotopic (exact) mass is 403 g/mol. The van der Waals surface area contributed by atoms with Crippen molar-refractivity contribution in [3.8, 4) is 0 Å². The number of ether oxygens (including phenoxy) is 1. The van der Waals surface area contributed by atoms with E-state index in [1.807, 2.05) is 37.3 Å². The first-order chi connectivity index (χ1) is 12.9. The lowest BCUT2D eigenvalue weighted by atomic mass is 10.2. The Kier molecular flexibility index (Phi) is 8.33. The van der Waals surface area contributed by atoms with Crippen LogP contribution in [0.25, 0.3) is 10.1 Å². The molecule has 5 nitrogen and oxygen atoms in total. The standard InChI is InChI=1S/C18H24F3N3O2S/c1-2-22-17(23-8-5-9-26-12-18(19,20)21)24-11-14(25)16-10-13-6-3-4-7-15(13)27-16/h3-4,6-7,10,14,25H,2,5,8-9,11-12H2,1H3,(H2,22,23,24). The Bertz CT molecular complexity index is 701. The molecule has 9 heteroatoms. The van der Waals surface area contributed by atoms with Crippen LogP contribution in [0.4, 0.5) is 13.2 Å². The number of hydrogen-bond acceptors (Lipinski definition) is 4. The van der Waals surface area contributed by atoms with Crippen LogP contribution in [0.3, 0.4) is 0 Å². The normalized spacial score (nSPS) is 13.7. The molecule has 0 amide bonds. The maximum atomic E-state index is 12.0. The van der Waals surface area contributed by atoms with Crippen LogP contribution >= 0.6 is 11.3 Å². The van der Waals surface area contributed by atoms with Crippen molar-refractivity contribution >= 4 is 27.4 Å². The van der Waals surface area contributed by atoms with E-state index in [-0.39, 0.29) is 13.2 Å². The lowest BCUT2D eigenvalue weighted by molar-refractivity contribution is -0.173. The van der Waals surface area contributed by atoms with Crippen LogP contribution in [-0.2, 0) is 4.74 Å². The molecule has 2 aromatic rings. The SMILES string of the molecule is CCNC(=NCC(O)c1cc2ccccc2s1)NCCCOCC(F)(F)F. The molecule has 1 unspecified atom stereocenters. The number of fused-ring (bicyclic) bond motifs is 1. The van der Waals surface area contributed by atoms with Crippen LogP contribution in [0, 0.1) is 0 Å². The van der Waals surface area contributed by atoms with E-state index in [1.54, 1.807) is 0 Å². The average molecular weight is 403 g/mol. The molecule has 0 aliphatic carbocycles. The van der Waals surface area contributed by atoms with E-state index in [2.05, 4.69) is 20.4 Å². The number of aliphatic imine (C=N–C) groups is 1. The Hall–Kier alpha value is -1.84. The largest absolute Gasteiger partial charge is 0.411 e. The highest BCUT2D eigenvalue weighted by Crippen LogP contribution is 2.29. The summed E-state index contributed by atoms with van der Waals surface area (Å²) in [7, 11) is 0. The quantitative estimate of drug-likeness (QED) is 0.341. The molecule has 150 valence electrons. The van der Waals surface area contributed by atoms with Crippen molar-refractivity contribution < 1.29 is 23.0 Å². The molecule has 1 aromatic carbocycles. The lowest BCUT2D eigenvalue weighted by Crippen LogP contribution is -2.38. The molecule has 1 aromatic heterocycles. The molecule has 0 spiro atoms. The molecule has 27 heavy (non-hydrogen) atoms. The number of aliphatic hydroxyl groups excluding tert-OH is 1. The Balaban J connectivity index is 1.79. The number of hydrogen-bond donors (Lipinski definition) is 3. The van der Waals surface area contributed by atoms with E-state index in [1.165, 1.54) is 11.3 Å². The van der Waals surface area contributed by atoms with Gasteiger partial charge in [0.25, 0.3) is 0 Å². The van der Waals surface area contributed by atoms with Crippen molar-refractivity contribution in [3.63, 3.8) is 0 Å². The molecule has 0 fully saturated rings. The first-order valence-electron chi connectivity index (χ1n) is 8.72. The van der Waals surface area contributed by atoms with E-state index in [4.69, 9.17) is 0 Å². The third-order valence-corrected chi connectivity index (χ3v) is 4.78. The predicted octanol–water partition coefficient (Wildman–Crippen LogP) is 3.46. The first kappa shape index (κ1) is 21.5. The van der Waals surface area contributed by atoms with Crippen LogP contribution < -0.4 is 10.6 Å². The maximum Gasteiger partial charge on any atom is 0.411 e. The fourth-order valence-electron chi connectivity index (χ4n) is 2.35. The summed E-state index contributed by atoms with van der Waals surface area (Å²) in [5, 5.41) is 17.5. The highest BCUT2D eigenvalue weighted by atomic mass is 32.1. The molecule has 0 radical (unpaired) electrons. The van der Waals surface area contributed by atoms with E-state index >= 15 is 0 Å². The van der Waals surface area contributed by atoms with Gasteiger partial charge in [-0.3, -0.25) is 4.99 Å². The van der Waals surface area contributed by atoms with Gasteiger partial charge < -0.3 is 20.5 Å². The molecule has 0 aliphatic rings. The number of thiophene rings is 1. The van der Waals surface area contributed by atoms with Crippen molar-refractivity contribution in [1.29, 1.82) is 0 Å². The van der Waals surface area contributed by atoms with Gasteiger partial charge in [-0.1, -0.05) is 18.2 Å². The van der Waals surface area contributed by atoms with Gasteiger partial charge in [0.1, 0.15) is 12.7 Å². The van der Waals surface area contributed by atoms with Crippen molar-refractivity contribution in [3.05, 3.63) is 35.2 Å². The molecular formula is C18H24F3N3O2S. The van der Waals surface area contributed by atoms with Gasteiger partial charge in [0, 0.05) is 29.3 Å². The lowest BCUT2D eigenvalue weighted by Gasteiger charge is -2.13. The number of rotatable bonds is 9. The molecular weight excluding hydrogens is 379 g/mol. The molecule has 0 saturated carbocycles. The summed E-state index contributed by atoms with van der Waals surface area (Å²) in [6.45, 7) is 1.93. The second-order valence-corrected chi connectivity index (χ2v) is 6.99. The molecule has 3 N–H and O–H groups in total. The fraction of sp³-hybridized carbons (Fsp3) is 0.500. The minimum absolute atomic E-state index is 0.0102. The zero-order chi connectivity index (χ0) is 19.7. The summed E-state index contributed by atoms with van der Waals surface area (Å²) in [6.07, 6.45) is -4.60. The van der Waals surface area contributed by atoms with Gasteiger partial charge in [0.2, 0.25) is 0 Å². The number of alkyl halides is 3. The Morgan fingerprint density at radius 1 is 1.30 bits per heavy atom. The number of guanidine groups is 1. The summed E-state index contributed by atoms with van der Waals surface area (Å²) in [4.78, 5) is 5.19. The minimum atomic E-state index is -4.30. The molecule has 0 bridgehead atoms. The van der Waals surface area contributed by atoms with Crippen molar-refractivity contribution in [2.45, 2.75) is 25.6 Å². The van der Waals surface area contributed by atoms with Gasteiger partial charge in [0.15, 0.2) is 5.96 Å². The number of halogens is 3. The molecule has 2 rings (SSSR count). The van der Waals surface area contributed by atoms with Crippen molar-refractivity contribution in [2.75, 3.05) is 32.8 Å². The summed E-state index contributed by atoms with van der Waals surface area (Å²) < 4.78 is 41.6. The zero-order valence-corrected chi connectivity index (χ0v) is 15.9. The van der Waals surface area contributed by atoms with Crippen LogP contribution in [0.15, 0.2) is 35.3 Å². The highest BCUT2D eigenvalue weighted by Gasteiger charge is 2.27. The second-order valence-electron chi connectivity index (χ2n) is 5.87. The number of nitrogens with one attached hydrogen (secondary N) is 2. The molecule has 0 aliphatic heterocycles. The summed E-state index contributed by atoms with van der Waals surface area (Å²) >= 11 is 1.53. The van der Waals surface area contributed by atoms with Gasteiger partial charge in [-0.25, -0.2) is 0 Å². The number of nitrogens with zero attached hydrogens (tertiary/aromatic N) is 1. The Labute approximate surface area is 160 Å². The van der Waals surface area contributed by atoms with Crippen molar-refractivity contribution in [2.24, 2.45) is 4.99 Å². The van der Waals surface area contributed by atoms with Crippen molar-refractivity contribution in [1.82, 2.24) is 10.6 Å². The second kappa shape index (κ2) is 10.5. The van der Waals surface area contributed by atoms with Gasteiger partial charge in [0.05, 0.1) is 6.54 Å². The Morgan fingerprint density at radius 2 is 2.07 bits per heavy atom. The third kappa shape index (κ3) is 7.74. The van der Waals surface area contributed by atoms with E-state index in [0.717, 1.165) is 15.0 Å². The summed E-state index contributed by atoms with van der Waals surface area (Å²) in [5.74, 6) is 0.508. The maximum absolute atomic E-state index is 12.0. The highest BCUT2D eigenvalue weighted by molar-refractivity contribution is 7.19. The van der Waals surface area contributed by atoms with Gasteiger partial charge in [-0.2, -0.15) is 13.2 Å². The van der Waals surface area contributed by atoms with Gasteiger partial charge in [-0.05, 0) is 30.9 Å². The summed E-state index contributed by atoms with van der Waals surface area (Å²) in [5.41, 5.74) is 0. The average Bonchev–Trinajstić information content (AvgIpc) is 3.05. The molecule has 1 atom stereocenters. The van der Waals surface area contributed by atoms with Gasteiger partial charge >= 0.3 is 6.18 Å². The van der Waals surface area contributed by atoms with E-state index < -0.39 is 18.9 Å². The van der Waals surface area contributed by atoms with Crippen LogP contribution in [-0.4, -0.2) is 50.1 Å². The topological polar surface area (TPSA) is 65.9 Å².